The number of hydrogen-bond donors (Lipinski definition) is 1. The third kappa shape index (κ3) is 7.77. The zero-order valence-corrected chi connectivity index (χ0v) is 12.8. The second-order valence-electron chi connectivity index (χ2n) is 5.46. The van der Waals surface area contributed by atoms with Crippen molar-refractivity contribution in [2.75, 3.05) is 12.3 Å². The Kier molecular flexibility index (Phi) is 8.05. The molecule has 0 saturated heterocycles. The molecule has 0 aliphatic rings. The Bertz CT molecular complexity index is 286. The maximum atomic E-state index is 12.0. The summed E-state index contributed by atoms with van der Waals surface area (Å²) >= 11 is 0. The lowest BCUT2D eigenvalue weighted by Gasteiger charge is -2.18. The van der Waals surface area contributed by atoms with Crippen LogP contribution in [0.25, 0.3) is 0 Å². The lowest BCUT2D eigenvalue weighted by atomic mass is 10.2. The molecular weight excluding hydrogens is 234 g/mol. The van der Waals surface area contributed by atoms with Crippen molar-refractivity contribution in [2.45, 2.75) is 65.2 Å². The van der Waals surface area contributed by atoms with E-state index in [1.807, 2.05) is 0 Å². The quantitative estimate of drug-likeness (QED) is 0.695. The molecule has 0 saturated carbocycles. The van der Waals surface area contributed by atoms with E-state index in [0.717, 1.165) is 19.3 Å². The Balaban J connectivity index is 4.07. The molecule has 2 atom stereocenters. The fraction of sp³-hybridized carbons (Fsp3) is 1.00. The van der Waals surface area contributed by atoms with Gasteiger partial charge in [-0.1, -0.05) is 27.2 Å². The molecular formula is C13H29NO2S. The van der Waals surface area contributed by atoms with Crippen molar-refractivity contribution in [3.8, 4) is 0 Å². The Morgan fingerprint density at radius 1 is 1.06 bits per heavy atom. The molecule has 0 aromatic carbocycles. The zero-order valence-electron chi connectivity index (χ0n) is 12.0. The predicted molar refractivity (Wildman–Crippen MR) is 75.1 cm³/mol. The van der Waals surface area contributed by atoms with Crippen LogP contribution in [-0.4, -0.2) is 32.0 Å². The first-order valence-electron chi connectivity index (χ1n) is 6.74. The molecule has 2 unspecified atom stereocenters. The molecule has 0 heterocycles. The maximum Gasteiger partial charge on any atom is 0.154 e. The summed E-state index contributed by atoms with van der Waals surface area (Å²) in [5.41, 5.74) is 0. The Morgan fingerprint density at radius 3 is 2.12 bits per heavy atom. The van der Waals surface area contributed by atoms with Gasteiger partial charge in [0.05, 0.1) is 11.0 Å². The highest BCUT2D eigenvalue weighted by Crippen LogP contribution is 2.08. The van der Waals surface area contributed by atoms with Crippen LogP contribution in [0, 0.1) is 5.92 Å². The van der Waals surface area contributed by atoms with Gasteiger partial charge in [-0.15, -0.1) is 0 Å². The second kappa shape index (κ2) is 8.09. The van der Waals surface area contributed by atoms with Gasteiger partial charge >= 0.3 is 0 Å². The van der Waals surface area contributed by atoms with Crippen LogP contribution in [-0.2, 0) is 9.84 Å². The molecule has 0 aromatic heterocycles. The van der Waals surface area contributed by atoms with Gasteiger partial charge in [0.25, 0.3) is 0 Å². The lowest BCUT2D eigenvalue weighted by Crippen LogP contribution is -2.37. The maximum absolute atomic E-state index is 12.0. The summed E-state index contributed by atoms with van der Waals surface area (Å²) in [5, 5.41) is 3.02. The molecule has 0 spiro atoms. The van der Waals surface area contributed by atoms with Crippen molar-refractivity contribution < 1.29 is 8.42 Å². The van der Waals surface area contributed by atoms with Crippen molar-refractivity contribution in [1.29, 1.82) is 0 Å². The SMILES string of the molecule is CCCC(C)NCC(C)S(=O)(=O)CCC(C)C. The molecule has 1 N–H and O–H groups in total. The number of nitrogens with one attached hydrogen (secondary N) is 1. The summed E-state index contributed by atoms with van der Waals surface area (Å²) in [6.07, 6.45) is 2.98. The van der Waals surface area contributed by atoms with Crippen LogP contribution in [0.1, 0.15) is 53.9 Å². The summed E-state index contributed by atoms with van der Waals surface area (Å²) in [7, 11) is -2.93. The molecule has 0 amide bonds. The van der Waals surface area contributed by atoms with Crippen LogP contribution in [0.2, 0.25) is 0 Å². The van der Waals surface area contributed by atoms with E-state index >= 15 is 0 Å². The van der Waals surface area contributed by atoms with Crippen molar-refractivity contribution in [1.82, 2.24) is 5.32 Å². The van der Waals surface area contributed by atoms with Gasteiger partial charge in [0.2, 0.25) is 0 Å². The first-order valence-corrected chi connectivity index (χ1v) is 8.46. The fourth-order valence-electron chi connectivity index (χ4n) is 1.63. The van der Waals surface area contributed by atoms with E-state index in [9.17, 15) is 8.42 Å². The van der Waals surface area contributed by atoms with E-state index in [2.05, 4.69) is 33.0 Å². The molecule has 0 radical (unpaired) electrons. The Labute approximate surface area is 107 Å². The molecule has 0 fully saturated rings. The monoisotopic (exact) mass is 263 g/mol. The van der Waals surface area contributed by atoms with E-state index in [1.165, 1.54) is 0 Å². The molecule has 17 heavy (non-hydrogen) atoms. The smallest absolute Gasteiger partial charge is 0.154 e. The van der Waals surface area contributed by atoms with Crippen LogP contribution in [0.5, 0.6) is 0 Å². The van der Waals surface area contributed by atoms with Crippen LogP contribution < -0.4 is 5.32 Å². The standard InChI is InChI=1S/C13H29NO2S/c1-6-7-12(4)14-10-13(5)17(15,16)9-8-11(2)3/h11-14H,6-10H2,1-5H3. The first-order chi connectivity index (χ1) is 7.79. The highest BCUT2D eigenvalue weighted by atomic mass is 32.2. The Morgan fingerprint density at radius 2 is 1.65 bits per heavy atom. The van der Waals surface area contributed by atoms with Crippen molar-refractivity contribution >= 4 is 9.84 Å². The van der Waals surface area contributed by atoms with Crippen LogP contribution in [0.15, 0.2) is 0 Å². The van der Waals surface area contributed by atoms with Gasteiger partial charge in [0, 0.05) is 12.6 Å². The zero-order chi connectivity index (χ0) is 13.5. The predicted octanol–water partition coefficient (Wildman–Crippen LogP) is 2.61. The molecule has 3 nitrogen and oxygen atoms in total. The van der Waals surface area contributed by atoms with E-state index in [0.29, 0.717) is 24.3 Å². The fourth-order valence-corrected chi connectivity index (χ4v) is 3.18. The van der Waals surface area contributed by atoms with Gasteiger partial charge in [0.1, 0.15) is 0 Å². The lowest BCUT2D eigenvalue weighted by molar-refractivity contribution is 0.499. The summed E-state index contributed by atoms with van der Waals surface area (Å²) in [5.74, 6) is 0.763. The second-order valence-corrected chi connectivity index (χ2v) is 8.00. The van der Waals surface area contributed by atoms with Gasteiger partial charge in [-0.3, -0.25) is 0 Å². The highest BCUT2D eigenvalue weighted by Gasteiger charge is 2.21. The van der Waals surface area contributed by atoms with Gasteiger partial charge in [-0.25, -0.2) is 8.42 Å². The van der Waals surface area contributed by atoms with Gasteiger partial charge in [0.15, 0.2) is 9.84 Å². The highest BCUT2D eigenvalue weighted by molar-refractivity contribution is 7.92. The average Bonchev–Trinajstić information content (AvgIpc) is 2.23. The van der Waals surface area contributed by atoms with E-state index in [4.69, 9.17) is 0 Å². The summed E-state index contributed by atoms with van der Waals surface area (Å²) < 4.78 is 23.9. The van der Waals surface area contributed by atoms with Crippen LogP contribution >= 0.6 is 0 Å². The first kappa shape index (κ1) is 16.9. The summed E-state index contributed by atoms with van der Waals surface area (Å²) in [6.45, 7) is 10.7. The number of rotatable bonds is 9. The van der Waals surface area contributed by atoms with Crippen LogP contribution in [0.3, 0.4) is 0 Å². The number of hydrogen-bond acceptors (Lipinski definition) is 3. The van der Waals surface area contributed by atoms with E-state index in [1.54, 1.807) is 6.92 Å². The molecule has 0 aliphatic carbocycles. The number of sulfone groups is 1. The third-order valence-corrected chi connectivity index (χ3v) is 5.27. The molecule has 0 aliphatic heterocycles. The topological polar surface area (TPSA) is 46.2 Å². The molecule has 0 rings (SSSR count). The van der Waals surface area contributed by atoms with Crippen LogP contribution in [0.4, 0.5) is 0 Å². The van der Waals surface area contributed by atoms with Gasteiger partial charge in [-0.05, 0) is 32.6 Å². The normalized spacial score (nSPS) is 16.1. The van der Waals surface area contributed by atoms with E-state index in [-0.39, 0.29) is 5.25 Å². The molecule has 104 valence electrons. The average molecular weight is 263 g/mol. The molecule has 0 bridgehead atoms. The minimum Gasteiger partial charge on any atom is -0.313 e. The van der Waals surface area contributed by atoms with Crippen molar-refractivity contribution in [3.05, 3.63) is 0 Å². The van der Waals surface area contributed by atoms with Crippen molar-refractivity contribution in [3.63, 3.8) is 0 Å². The summed E-state index contributed by atoms with van der Waals surface area (Å²) in [6, 6.07) is 0.405. The largest absolute Gasteiger partial charge is 0.313 e. The van der Waals surface area contributed by atoms with Gasteiger partial charge in [-0.2, -0.15) is 0 Å². The minimum absolute atomic E-state index is 0.277. The van der Waals surface area contributed by atoms with Crippen molar-refractivity contribution in [2.24, 2.45) is 5.92 Å². The third-order valence-electron chi connectivity index (χ3n) is 3.07. The molecule has 4 heteroatoms. The van der Waals surface area contributed by atoms with E-state index < -0.39 is 9.84 Å². The Hall–Kier alpha value is -0.0900. The summed E-state index contributed by atoms with van der Waals surface area (Å²) in [4.78, 5) is 0. The molecule has 0 aromatic rings. The van der Waals surface area contributed by atoms with Gasteiger partial charge < -0.3 is 5.32 Å². The minimum atomic E-state index is -2.93.